The highest BCUT2D eigenvalue weighted by Crippen LogP contribution is 2.22. The first kappa shape index (κ1) is 14.7. The molecule has 2 aromatic rings. The lowest BCUT2D eigenvalue weighted by Gasteiger charge is -2.14. The van der Waals surface area contributed by atoms with Crippen LogP contribution in [0.25, 0.3) is 0 Å². The standard InChI is InChI=1S/C18H22FN/c1-3-4-5-14-7-10-15(11-8-14)18(20)16-9-6-13(2)17(19)12-16/h6-12,18H,3-5,20H2,1-2H3. The average molecular weight is 271 g/mol. The molecule has 0 spiro atoms. The first-order chi connectivity index (χ1) is 9.61. The lowest BCUT2D eigenvalue weighted by atomic mass is 9.97. The summed E-state index contributed by atoms with van der Waals surface area (Å²) in [7, 11) is 0. The molecule has 0 saturated carbocycles. The second-order valence-electron chi connectivity index (χ2n) is 5.33. The second kappa shape index (κ2) is 6.67. The molecule has 1 atom stereocenters. The summed E-state index contributed by atoms with van der Waals surface area (Å²) in [6, 6.07) is 13.3. The van der Waals surface area contributed by atoms with Crippen LogP contribution in [0.1, 0.15) is 48.1 Å². The van der Waals surface area contributed by atoms with Gasteiger partial charge in [-0.2, -0.15) is 0 Å². The topological polar surface area (TPSA) is 26.0 Å². The molecule has 106 valence electrons. The van der Waals surface area contributed by atoms with Crippen LogP contribution in [0.15, 0.2) is 42.5 Å². The Morgan fingerprint density at radius 3 is 2.30 bits per heavy atom. The maximum atomic E-state index is 13.6. The smallest absolute Gasteiger partial charge is 0.126 e. The second-order valence-corrected chi connectivity index (χ2v) is 5.33. The molecule has 0 aliphatic heterocycles. The minimum absolute atomic E-state index is 0.197. The van der Waals surface area contributed by atoms with Crippen LogP contribution in [0, 0.1) is 12.7 Å². The van der Waals surface area contributed by atoms with Gasteiger partial charge in [0.15, 0.2) is 0 Å². The third-order valence-electron chi connectivity index (χ3n) is 3.71. The van der Waals surface area contributed by atoms with Crippen molar-refractivity contribution in [3.63, 3.8) is 0 Å². The molecular formula is C18H22FN. The number of unbranched alkanes of at least 4 members (excludes halogenated alkanes) is 1. The van der Waals surface area contributed by atoms with Crippen molar-refractivity contribution < 1.29 is 4.39 Å². The zero-order valence-corrected chi connectivity index (χ0v) is 12.2. The predicted octanol–water partition coefficient (Wildman–Crippen LogP) is 4.52. The Kier molecular flexibility index (Phi) is 4.91. The SMILES string of the molecule is CCCCc1ccc(C(N)c2ccc(C)c(F)c2)cc1. The van der Waals surface area contributed by atoms with E-state index in [0.717, 1.165) is 17.5 Å². The van der Waals surface area contributed by atoms with Gasteiger partial charge in [0.25, 0.3) is 0 Å². The summed E-state index contributed by atoms with van der Waals surface area (Å²) in [6.45, 7) is 3.95. The van der Waals surface area contributed by atoms with Crippen LogP contribution >= 0.6 is 0 Å². The zero-order valence-electron chi connectivity index (χ0n) is 12.2. The lowest BCUT2D eigenvalue weighted by Crippen LogP contribution is -2.12. The van der Waals surface area contributed by atoms with Crippen molar-refractivity contribution in [2.24, 2.45) is 5.73 Å². The Bertz CT molecular complexity index is 560. The van der Waals surface area contributed by atoms with E-state index in [4.69, 9.17) is 5.73 Å². The van der Waals surface area contributed by atoms with E-state index in [-0.39, 0.29) is 11.9 Å². The maximum absolute atomic E-state index is 13.6. The van der Waals surface area contributed by atoms with Crippen molar-refractivity contribution in [2.75, 3.05) is 0 Å². The molecule has 2 N–H and O–H groups in total. The zero-order chi connectivity index (χ0) is 14.5. The van der Waals surface area contributed by atoms with Crippen molar-refractivity contribution in [3.05, 3.63) is 70.5 Å². The fourth-order valence-electron chi connectivity index (χ4n) is 2.27. The predicted molar refractivity (Wildman–Crippen MR) is 82.2 cm³/mol. The monoisotopic (exact) mass is 271 g/mol. The minimum atomic E-state index is -0.273. The Morgan fingerprint density at radius 2 is 1.70 bits per heavy atom. The van der Waals surface area contributed by atoms with E-state index in [0.29, 0.717) is 5.56 Å². The van der Waals surface area contributed by atoms with Crippen LogP contribution in [0.3, 0.4) is 0 Å². The summed E-state index contributed by atoms with van der Waals surface area (Å²) in [5.74, 6) is -0.197. The van der Waals surface area contributed by atoms with Crippen LogP contribution < -0.4 is 5.73 Å². The quantitative estimate of drug-likeness (QED) is 0.849. The Hall–Kier alpha value is -1.67. The minimum Gasteiger partial charge on any atom is -0.320 e. The van der Waals surface area contributed by atoms with E-state index in [1.165, 1.54) is 24.5 Å². The van der Waals surface area contributed by atoms with Gasteiger partial charge in [0.05, 0.1) is 6.04 Å². The van der Waals surface area contributed by atoms with Crippen LogP contribution in [-0.4, -0.2) is 0 Å². The van der Waals surface area contributed by atoms with Gasteiger partial charge in [-0.15, -0.1) is 0 Å². The van der Waals surface area contributed by atoms with Gasteiger partial charge in [0.2, 0.25) is 0 Å². The van der Waals surface area contributed by atoms with Gasteiger partial charge in [-0.05, 0) is 48.1 Å². The van der Waals surface area contributed by atoms with E-state index in [1.807, 2.05) is 18.2 Å². The van der Waals surface area contributed by atoms with E-state index in [2.05, 4.69) is 19.1 Å². The Labute approximate surface area is 120 Å². The number of rotatable bonds is 5. The van der Waals surface area contributed by atoms with Crippen molar-refractivity contribution in [3.8, 4) is 0 Å². The van der Waals surface area contributed by atoms with Crippen molar-refractivity contribution >= 4 is 0 Å². The molecule has 0 amide bonds. The number of hydrogen-bond acceptors (Lipinski definition) is 1. The number of nitrogens with two attached hydrogens (primary N) is 1. The highest BCUT2D eigenvalue weighted by atomic mass is 19.1. The van der Waals surface area contributed by atoms with Crippen molar-refractivity contribution in [1.82, 2.24) is 0 Å². The summed E-state index contributed by atoms with van der Waals surface area (Å²) < 4.78 is 13.6. The largest absolute Gasteiger partial charge is 0.320 e. The van der Waals surface area contributed by atoms with E-state index >= 15 is 0 Å². The van der Waals surface area contributed by atoms with Crippen LogP contribution in [0.2, 0.25) is 0 Å². The molecule has 2 rings (SSSR count). The molecule has 0 aromatic heterocycles. The summed E-state index contributed by atoms with van der Waals surface area (Å²) in [6.07, 6.45) is 3.50. The lowest BCUT2D eigenvalue weighted by molar-refractivity contribution is 0.614. The molecule has 0 aliphatic carbocycles. The summed E-state index contributed by atoms with van der Waals surface area (Å²) in [5, 5.41) is 0. The number of aryl methyl sites for hydroxylation is 2. The molecule has 2 heteroatoms. The first-order valence-corrected chi connectivity index (χ1v) is 7.22. The Morgan fingerprint density at radius 1 is 1.05 bits per heavy atom. The third kappa shape index (κ3) is 3.45. The number of benzene rings is 2. The maximum Gasteiger partial charge on any atom is 0.126 e. The normalized spacial score (nSPS) is 12.4. The third-order valence-corrected chi connectivity index (χ3v) is 3.71. The number of halogens is 1. The molecule has 0 fully saturated rings. The summed E-state index contributed by atoms with van der Waals surface area (Å²) in [4.78, 5) is 0. The van der Waals surface area contributed by atoms with E-state index in [1.54, 1.807) is 13.0 Å². The average Bonchev–Trinajstić information content (AvgIpc) is 2.48. The summed E-state index contributed by atoms with van der Waals surface area (Å²) >= 11 is 0. The van der Waals surface area contributed by atoms with Crippen LogP contribution in [0.5, 0.6) is 0 Å². The van der Waals surface area contributed by atoms with Gasteiger partial charge in [0.1, 0.15) is 5.82 Å². The van der Waals surface area contributed by atoms with Gasteiger partial charge < -0.3 is 5.73 Å². The van der Waals surface area contributed by atoms with Gasteiger partial charge in [0, 0.05) is 0 Å². The highest BCUT2D eigenvalue weighted by Gasteiger charge is 2.10. The molecule has 0 heterocycles. The number of hydrogen-bond donors (Lipinski definition) is 1. The highest BCUT2D eigenvalue weighted by molar-refractivity contribution is 5.35. The van der Waals surface area contributed by atoms with E-state index < -0.39 is 0 Å². The first-order valence-electron chi connectivity index (χ1n) is 7.22. The molecular weight excluding hydrogens is 249 g/mol. The van der Waals surface area contributed by atoms with Gasteiger partial charge in [-0.25, -0.2) is 4.39 Å². The van der Waals surface area contributed by atoms with Crippen LogP contribution in [-0.2, 0) is 6.42 Å². The van der Waals surface area contributed by atoms with Gasteiger partial charge in [-0.3, -0.25) is 0 Å². The molecule has 0 saturated heterocycles. The Balaban J connectivity index is 2.15. The van der Waals surface area contributed by atoms with Crippen LogP contribution in [0.4, 0.5) is 4.39 Å². The molecule has 20 heavy (non-hydrogen) atoms. The summed E-state index contributed by atoms with van der Waals surface area (Å²) in [5.41, 5.74) is 10.0. The molecule has 2 aromatic carbocycles. The van der Waals surface area contributed by atoms with E-state index in [9.17, 15) is 4.39 Å². The van der Waals surface area contributed by atoms with Gasteiger partial charge >= 0.3 is 0 Å². The molecule has 0 radical (unpaired) electrons. The fourth-order valence-corrected chi connectivity index (χ4v) is 2.27. The molecule has 1 unspecified atom stereocenters. The van der Waals surface area contributed by atoms with Crippen molar-refractivity contribution in [1.29, 1.82) is 0 Å². The fraction of sp³-hybridized carbons (Fsp3) is 0.333. The van der Waals surface area contributed by atoms with Crippen molar-refractivity contribution in [2.45, 2.75) is 39.2 Å². The molecule has 0 bridgehead atoms. The molecule has 0 aliphatic rings. The molecule has 1 nitrogen and oxygen atoms in total. The van der Waals surface area contributed by atoms with Gasteiger partial charge in [-0.1, -0.05) is 49.7 Å².